The monoisotopic (exact) mass is 622 g/mol. The number of ketones is 1. The summed E-state index contributed by atoms with van der Waals surface area (Å²) in [7, 11) is 0. The number of amides is 1. The Kier molecular flexibility index (Phi) is 8.92. The number of carbonyl (C=O) groups excluding carboxylic acids is 2. The molecule has 2 aliphatic rings. The van der Waals surface area contributed by atoms with Crippen LogP contribution < -0.4 is 0 Å². The smallest absolute Gasteiger partial charge is 0.263 e. The number of thiophene rings is 1. The summed E-state index contributed by atoms with van der Waals surface area (Å²) in [5.74, 6) is 1.03. The molecule has 4 nitrogen and oxygen atoms in total. The Morgan fingerprint density at radius 3 is 2.55 bits per heavy atom. The summed E-state index contributed by atoms with van der Waals surface area (Å²) in [6, 6.07) is 9.97. The van der Waals surface area contributed by atoms with Gasteiger partial charge in [-0.25, -0.2) is 0 Å². The van der Waals surface area contributed by atoms with E-state index >= 15 is 0 Å². The predicted molar refractivity (Wildman–Crippen MR) is 113 cm³/mol. The number of benzene rings is 1. The Labute approximate surface area is 213 Å². The zero-order chi connectivity index (χ0) is 19.3. The molecule has 6 heteroatoms. The molecule has 29 heavy (non-hydrogen) atoms. The molecule has 0 atom stereocenters. The van der Waals surface area contributed by atoms with Crippen LogP contribution in [0.3, 0.4) is 0 Å². The largest absolute Gasteiger partial charge is 0.662 e. The van der Waals surface area contributed by atoms with Gasteiger partial charge < -0.3 is 10.2 Å². The standard InChI is InChI=1S/C23H27N2O2S.Ac/c26-21(6-3-17-7-11-24-12-8-17)20-5-4-18-9-13-25(14-10-19(18)16-20)23(27)22-2-1-15-28-22;/h1-2,4-5,15-17H,3,6-14H2;/q-1;. The van der Waals surface area contributed by atoms with E-state index in [0.717, 1.165) is 62.2 Å². The van der Waals surface area contributed by atoms with Gasteiger partial charge in [-0.3, -0.25) is 9.59 Å². The molecule has 1 fully saturated rings. The number of piperidine rings is 1. The van der Waals surface area contributed by atoms with E-state index in [4.69, 9.17) is 0 Å². The maximum absolute atomic E-state index is 12.7. The molecule has 1 saturated heterocycles. The minimum atomic E-state index is 0. The normalized spacial score (nSPS) is 17.2. The summed E-state index contributed by atoms with van der Waals surface area (Å²) in [5, 5.41) is 6.34. The molecule has 0 bridgehead atoms. The van der Waals surface area contributed by atoms with Crippen molar-refractivity contribution in [1.82, 2.24) is 4.90 Å². The molecule has 0 aliphatic carbocycles. The maximum Gasteiger partial charge on any atom is 0.263 e. The van der Waals surface area contributed by atoms with Crippen LogP contribution in [0.4, 0.5) is 0 Å². The minimum Gasteiger partial charge on any atom is -0.662 e. The van der Waals surface area contributed by atoms with Crippen LogP contribution >= 0.6 is 11.3 Å². The molecule has 1 radical (unpaired) electrons. The van der Waals surface area contributed by atoms with Gasteiger partial charge in [0.15, 0.2) is 5.78 Å². The summed E-state index contributed by atoms with van der Waals surface area (Å²) in [4.78, 5) is 28.1. The summed E-state index contributed by atoms with van der Waals surface area (Å²) in [6.07, 6.45) is 5.54. The minimum absolute atomic E-state index is 0. The van der Waals surface area contributed by atoms with Gasteiger partial charge in [0.25, 0.3) is 5.91 Å². The number of fused-ring (bicyclic) bond motifs is 1. The topological polar surface area (TPSA) is 51.5 Å². The fourth-order valence-corrected chi connectivity index (χ4v) is 4.92. The molecular formula is C23H27AcN2O2S-. The second kappa shape index (κ2) is 11.2. The van der Waals surface area contributed by atoms with Crippen LogP contribution in [0.2, 0.25) is 0 Å². The third kappa shape index (κ3) is 6.00. The molecule has 0 spiro atoms. The first-order valence-corrected chi connectivity index (χ1v) is 11.2. The van der Waals surface area contributed by atoms with E-state index < -0.39 is 0 Å². The molecule has 0 N–H and O–H groups in total. The Morgan fingerprint density at radius 1 is 1.07 bits per heavy atom. The van der Waals surface area contributed by atoms with Gasteiger partial charge in [-0.2, -0.15) is 0 Å². The van der Waals surface area contributed by atoms with Crippen LogP contribution in [-0.2, 0) is 12.8 Å². The van der Waals surface area contributed by atoms with Crippen LogP contribution in [0.5, 0.6) is 0 Å². The van der Waals surface area contributed by atoms with Crippen molar-refractivity contribution in [2.45, 2.75) is 38.5 Å². The number of hydrogen-bond acceptors (Lipinski definition) is 3. The molecule has 4 rings (SSSR count). The van der Waals surface area contributed by atoms with Crippen molar-refractivity contribution in [3.05, 3.63) is 62.6 Å². The Hall–Kier alpha value is -0.538. The number of hydrogen-bond donors (Lipinski definition) is 0. The second-order valence-electron chi connectivity index (χ2n) is 7.83. The van der Waals surface area contributed by atoms with E-state index in [1.807, 2.05) is 28.5 Å². The quantitative estimate of drug-likeness (QED) is 0.453. The Morgan fingerprint density at radius 2 is 1.83 bits per heavy atom. The average molecular weight is 623 g/mol. The number of carbonyl (C=O) groups is 2. The Bertz CT molecular complexity index is 831. The van der Waals surface area contributed by atoms with Gasteiger partial charge in [0, 0.05) is 69.1 Å². The van der Waals surface area contributed by atoms with E-state index in [1.165, 1.54) is 22.5 Å². The van der Waals surface area contributed by atoms with E-state index in [2.05, 4.69) is 17.4 Å². The molecular weight excluding hydrogens is 595 g/mol. The van der Waals surface area contributed by atoms with Crippen molar-refractivity contribution in [1.29, 1.82) is 0 Å². The zero-order valence-electron chi connectivity index (χ0n) is 16.8. The van der Waals surface area contributed by atoms with E-state index in [-0.39, 0.29) is 55.8 Å². The molecule has 1 amide bonds. The molecule has 0 saturated carbocycles. The van der Waals surface area contributed by atoms with E-state index in [1.54, 1.807) is 0 Å². The van der Waals surface area contributed by atoms with Gasteiger partial charge in [-0.15, -0.1) is 24.4 Å². The van der Waals surface area contributed by atoms with Crippen molar-refractivity contribution in [3.63, 3.8) is 0 Å². The third-order valence-electron chi connectivity index (χ3n) is 6.02. The molecule has 0 unspecified atom stereocenters. The molecule has 3 heterocycles. The van der Waals surface area contributed by atoms with Crippen molar-refractivity contribution in [2.24, 2.45) is 5.92 Å². The van der Waals surface area contributed by atoms with Crippen LogP contribution in [0.15, 0.2) is 35.7 Å². The van der Waals surface area contributed by atoms with Crippen molar-refractivity contribution < 1.29 is 53.7 Å². The summed E-state index contributed by atoms with van der Waals surface area (Å²) >= 11 is 1.50. The van der Waals surface area contributed by atoms with Crippen molar-refractivity contribution >= 4 is 23.0 Å². The average Bonchev–Trinajstić information content (AvgIpc) is 3.19. The summed E-state index contributed by atoms with van der Waals surface area (Å²) < 4.78 is 0. The number of Topliss-reactive ketones (excluding diaryl/α,β-unsaturated/α-hetero) is 1. The number of nitrogens with zero attached hydrogens (tertiary/aromatic N) is 2. The van der Waals surface area contributed by atoms with Crippen LogP contribution in [0.1, 0.15) is 56.8 Å². The molecule has 151 valence electrons. The fourth-order valence-electron chi connectivity index (χ4n) is 4.23. The predicted octanol–water partition coefficient (Wildman–Crippen LogP) is 4.74. The van der Waals surface area contributed by atoms with Gasteiger partial charge in [0.1, 0.15) is 0 Å². The third-order valence-corrected chi connectivity index (χ3v) is 6.88. The fraction of sp³-hybridized carbons (Fsp3) is 0.478. The van der Waals surface area contributed by atoms with Crippen molar-refractivity contribution in [2.75, 3.05) is 26.2 Å². The first-order chi connectivity index (χ1) is 13.7. The first kappa shape index (κ1) is 23.1. The van der Waals surface area contributed by atoms with E-state index in [9.17, 15) is 9.59 Å². The van der Waals surface area contributed by atoms with Gasteiger partial charge in [0.2, 0.25) is 0 Å². The summed E-state index contributed by atoms with van der Waals surface area (Å²) in [5.41, 5.74) is 3.33. The van der Waals surface area contributed by atoms with Crippen molar-refractivity contribution in [3.8, 4) is 0 Å². The van der Waals surface area contributed by atoms with Gasteiger partial charge >= 0.3 is 0 Å². The van der Waals surface area contributed by atoms with Crippen LogP contribution in [0, 0.1) is 50.0 Å². The van der Waals surface area contributed by atoms with Crippen LogP contribution in [-0.4, -0.2) is 42.8 Å². The SMILES string of the molecule is O=C(CCC1CC[N-]CC1)c1ccc2c(c1)CCN(C(=O)c1cccs1)CC2.[Ac]. The number of rotatable bonds is 5. The maximum atomic E-state index is 12.7. The van der Waals surface area contributed by atoms with Gasteiger partial charge in [-0.05, 0) is 53.8 Å². The zero-order valence-corrected chi connectivity index (χ0v) is 22.4. The van der Waals surface area contributed by atoms with Crippen LogP contribution in [0.25, 0.3) is 5.32 Å². The van der Waals surface area contributed by atoms with Gasteiger partial charge in [0.05, 0.1) is 4.88 Å². The molecule has 1 aromatic carbocycles. The Balaban J connectivity index is 0.00000240. The molecule has 2 aromatic rings. The molecule has 2 aliphatic heterocycles. The molecule has 1 aromatic heterocycles. The van der Waals surface area contributed by atoms with E-state index in [0.29, 0.717) is 18.9 Å². The summed E-state index contributed by atoms with van der Waals surface area (Å²) in [6.45, 7) is 3.37. The van der Waals surface area contributed by atoms with Gasteiger partial charge in [-0.1, -0.05) is 31.0 Å². The first-order valence-electron chi connectivity index (χ1n) is 10.3. The second-order valence-corrected chi connectivity index (χ2v) is 8.78.